The zero-order valence-electron chi connectivity index (χ0n) is 17.0. The number of aryl methyl sites for hydroxylation is 1. The summed E-state index contributed by atoms with van der Waals surface area (Å²) in [5, 5.41) is 18.4. The van der Waals surface area contributed by atoms with Crippen molar-refractivity contribution in [2.45, 2.75) is 18.9 Å². The molecule has 0 fully saturated rings. The van der Waals surface area contributed by atoms with Gasteiger partial charge in [-0.25, -0.2) is 0 Å². The number of rotatable bonds is 7. The van der Waals surface area contributed by atoms with E-state index in [-0.39, 0.29) is 13.2 Å². The van der Waals surface area contributed by atoms with Gasteiger partial charge in [0.15, 0.2) is 0 Å². The molecular weight excluding hydrogens is 376 g/mol. The fraction of sp³-hybridized carbons (Fsp3) is 0.231. The first-order valence-electron chi connectivity index (χ1n) is 10.2. The van der Waals surface area contributed by atoms with E-state index in [0.717, 1.165) is 24.2 Å². The van der Waals surface area contributed by atoms with Gasteiger partial charge in [0.25, 0.3) is 0 Å². The van der Waals surface area contributed by atoms with E-state index in [4.69, 9.17) is 14.6 Å². The lowest BCUT2D eigenvalue weighted by molar-refractivity contribution is 0.0536. The van der Waals surface area contributed by atoms with Crippen LogP contribution in [0.5, 0.6) is 11.5 Å². The summed E-state index contributed by atoms with van der Waals surface area (Å²) in [6.07, 6.45) is 1.05. The maximum absolute atomic E-state index is 9.50. The van der Waals surface area contributed by atoms with E-state index < -0.39 is 6.10 Å². The second-order valence-electron chi connectivity index (χ2n) is 7.41. The molecule has 0 spiro atoms. The Morgan fingerprint density at radius 1 is 0.867 bits per heavy atom. The zero-order chi connectivity index (χ0) is 20.9. The minimum Gasteiger partial charge on any atom is -0.497 e. The number of aliphatic hydroxyl groups excluding tert-OH is 2. The molecule has 1 unspecified atom stereocenters. The molecule has 4 heteroatoms. The van der Waals surface area contributed by atoms with Gasteiger partial charge in [-0.1, -0.05) is 48.5 Å². The van der Waals surface area contributed by atoms with Gasteiger partial charge in [-0.3, -0.25) is 0 Å². The van der Waals surface area contributed by atoms with Gasteiger partial charge < -0.3 is 19.7 Å². The molecule has 0 saturated carbocycles. The fourth-order valence-corrected chi connectivity index (χ4v) is 3.92. The molecule has 0 saturated heterocycles. The Bertz CT molecular complexity index is 1020. The second-order valence-corrected chi connectivity index (χ2v) is 7.41. The molecule has 0 heterocycles. The number of fused-ring (bicyclic) bond motifs is 1. The average Bonchev–Trinajstić information content (AvgIpc) is 2.82. The molecule has 0 bridgehead atoms. The van der Waals surface area contributed by atoms with Crippen molar-refractivity contribution in [3.8, 4) is 11.5 Å². The van der Waals surface area contributed by atoms with Crippen LogP contribution in [0.15, 0.2) is 72.8 Å². The van der Waals surface area contributed by atoms with Crippen molar-refractivity contribution in [1.82, 2.24) is 0 Å². The topological polar surface area (TPSA) is 58.9 Å². The Morgan fingerprint density at radius 3 is 2.30 bits per heavy atom. The summed E-state index contributed by atoms with van der Waals surface area (Å²) in [6, 6.07) is 24.7. The molecule has 2 N–H and O–H groups in total. The first-order chi connectivity index (χ1) is 14.7. The molecule has 1 aliphatic carbocycles. The first kappa shape index (κ1) is 20.2. The standard InChI is InChI=1S/C26H26O4/c1-29-23-12-14-25-20(15-23)9-13-24(18-5-3-2-4-6-18)26(25)19-7-10-22(11-8-19)30-17-21(28)16-27/h2-8,10-12,14-15,21,27-28H,9,13,16-17H2,1H3. The minimum absolute atomic E-state index is 0.0659. The monoisotopic (exact) mass is 402 g/mol. The largest absolute Gasteiger partial charge is 0.497 e. The highest BCUT2D eigenvalue weighted by molar-refractivity contribution is 6.00. The van der Waals surface area contributed by atoms with E-state index in [1.54, 1.807) is 7.11 Å². The third kappa shape index (κ3) is 4.25. The highest BCUT2D eigenvalue weighted by Gasteiger charge is 2.22. The first-order valence-corrected chi connectivity index (χ1v) is 10.2. The molecule has 0 radical (unpaired) electrons. The van der Waals surface area contributed by atoms with E-state index >= 15 is 0 Å². The number of benzene rings is 3. The number of ether oxygens (including phenoxy) is 2. The molecule has 3 aromatic rings. The van der Waals surface area contributed by atoms with Crippen LogP contribution >= 0.6 is 0 Å². The molecule has 4 nitrogen and oxygen atoms in total. The average molecular weight is 402 g/mol. The van der Waals surface area contributed by atoms with Crippen molar-refractivity contribution in [1.29, 1.82) is 0 Å². The highest BCUT2D eigenvalue weighted by Crippen LogP contribution is 2.42. The van der Waals surface area contributed by atoms with Gasteiger partial charge in [0, 0.05) is 0 Å². The summed E-state index contributed by atoms with van der Waals surface area (Å²) >= 11 is 0. The van der Waals surface area contributed by atoms with Crippen LogP contribution in [0, 0.1) is 0 Å². The van der Waals surface area contributed by atoms with Crippen molar-refractivity contribution >= 4 is 11.1 Å². The van der Waals surface area contributed by atoms with E-state index in [2.05, 4.69) is 48.5 Å². The van der Waals surface area contributed by atoms with Crippen molar-refractivity contribution < 1.29 is 19.7 Å². The van der Waals surface area contributed by atoms with Gasteiger partial charge in [0.1, 0.15) is 24.2 Å². The van der Waals surface area contributed by atoms with Crippen LogP contribution in [0.25, 0.3) is 11.1 Å². The summed E-state index contributed by atoms with van der Waals surface area (Å²) in [6.45, 7) is -0.248. The number of hydrogen-bond acceptors (Lipinski definition) is 4. The van der Waals surface area contributed by atoms with Crippen LogP contribution in [0.3, 0.4) is 0 Å². The SMILES string of the molecule is COc1ccc2c(c1)CCC(c1ccccc1)=C2c1ccc(OCC(O)CO)cc1. The molecule has 0 amide bonds. The van der Waals surface area contributed by atoms with E-state index in [1.807, 2.05) is 24.3 Å². The smallest absolute Gasteiger partial charge is 0.119 e. The summed E-state index contributed by atoms with van der Waals surface area (Å²) in [7, 11) is 1.70. The lowest BCUT2D eigenvalue weighted by Crippen LogP contribution is -2.21. The Morgan fingerprint density at radius 2 is 1.60 bits per heavy atom. The lowest BCUT2D eigenvalue weighted by Gasteiger charge is -2.25. The second kappa shape index (κ2) is 9.16. The predicted molar refractivity (Wildman–Crippen MR) is 119 cm³/mol. The van der Waals surface area contributed by atoms with Crippen molar-refractivity contribution in [3.63, 3.8) is 0 Å². The molecule has 1 aliphatic rings. The van der Waals surface area contributed by atoms with Crippen LogP contribution < -0.4 is 9.47 Å². The normalized spacial score (nSPS) is 14.2. The minimum atomic E-state index is -0.878. The molecular formula is C26H26O4. The third-order valence-electron chi connectivity index (χ3n) is 5.45. The Balaban J connectivity index is 1.76. The fourth-order valence-electron chi connectivity index (χ4n) is 3.92. The van der Waals surface area contributed by atoms with Gasteiger partial charge >= 0.3 is 0 Å². The van der Waals surface area contributed by atoms with E-state index in [9.17, 15) is 5.11 Å². The number of aliphatic hydroxyl groups is 2. The van der Waals surface area contributed by atoms with Crippen LogP contribution in [0.1, 0.15) is 28.7 Å². The molecule has 30 heavy (non-hydrogen) atoms. The number of methoxy groups -OCH3 is 1. The summed E-state index contributed by atoms with van der Waals surface area (Å²) < 4.78 is 11.0. The maximum Gasteiger partial charge on any atom is 0.119 e. The molecule has 0 aliphatic heterocycles. The quantitative estimate of drug-likeness (QED) is 0.618. The summed E-state index contributed by atoms with van der Waals surface area (Å²) in [5.41, 5.74) is 7.43. The Kier molecular flexibility index (Phi) is 6.17. The lowest BCUT2D eigenvalue weighted by atomic mass is 9.79. The molecule has 0 aromatic heterocycles. The van der Waals surface area contributed by atoms with Gasteiger partial charge in [-0.05, 0) is 70.5 Å². The van der Waals surface area contributed by atoms with Gasteiger partial charge in [-0.2, -0.15) is 0 Å². The van der Waals surface area contributed by atoms with Gasteiger partial charge in [-0.15, -0.1) is 0 Å². The van der Waals surface area contributed by atoms with Crippen LogP contribution in [-0.4, -0.2) is 36.6 Å². The van der Waals surface area contributed by atoms with E-state index in [1.165, 1.54) is 27.8 Å². The zero-order valence-corrected chi connectivity index (χ0v) is 17.0. The van der Waals surface area contributed by atoms with Gasteiger partial charge in [0.2, 0.25) is 0 Å². The Hall–Kier alpha value is -3.08. The van der Waals surface area contributed by atoms with Crippen molar-refractivity contribution in [3.05, 3.63) is 95.1 Å². The number of allylic oxidation sites excluding steroid dienone is 1. The molecule has 3 aromatic carbocycles. The predicted octanol–water partition coefficient (Wildman–Crippen LogP) is 4.33. The Labute approximate surface area is 177 Å². The molecule has 4 rings (SSSR count). The van der Waals surface area contributed by atoms with Crippen molar-refractivity contribution in [2.24, 2.45) is 0 Å². The van der Waals surface area contributed by atoms with Crippen LogP contribution in [-0.2, 0) is 6.42 Å². The molecule has 154 valence electrons. The van der Waals surface area contributed by atoms with E-state index in [0.29, 0.717) is 5.75 Å². The van der Waals surface area contributed by atoms with Crippen molar-refractivity contribution in [2.75, 3.05) is 20.3 Å². The van der Waals surface area contributed by atoms with Gasteiger partial charge in [0.05, 0.1) is 13.7 Å². The summed E-state index contributed by atoms with van der Waals surface area (Å²) in [5.74, 6) is 1.54. The van der Waals surface area contributed by atoms with Crippen LogP contribution in [0.2, 0.25) is 0 Å². The van der Waals surface area contributed by atoms with Crippen LogP contribution in [0.4, 0.5) is 0 Å². The maximum atomic E-state index is 9.50. The number of hydrogen-bond donors (Lipinski definition) is 2. The highest BCUT2D eigenvalue weighted by atomic mass is 16.5. The summed E-state index contributed by atoms with van der Waals surface area (Å²) in [4.78, 5) is 0. The third-order valence-corrected chi connectivity index (χ3v) is 5.45. The molecule has 1 atom stereocenters.